The molecule has 0 aromatic heterocycles. The fourth-order valence-electron chi connectivity index (χ4n) is 2.92. The zero-order valence-corrected chi connectivity index (χ0v) is 16.1. The number of nitrogens with one attached hydrogen (secondary N) is 1. The topological polar surface area (TPSA) is 55.4 Å². The van der Waals surface area contributed by atoms with E-state index in [0.717, 1.165) is 43.4 Å². The van der Waals surface area contributed by atoms with E-state index in [-0.39, 0.29) is 18.3 Å². The van der Waals surface area contributed by atoms with Crippen LogP contribution in [0.2, 0.25) is 0 Å². The van der Waals surface area contributed by atoms with E-state index in [2.05, 4.69) is 29.6 Å². The van der Waals surface area contributed by atoms with Gasteiger partial charge in [0.25, 0.3) is 0 Å². The average molecular weight is 367 g/mol. The Labute approximate surface area is 161 Å². The standard InChI is InChI=1S/C23H29NO3/c1-2-27-23(26)18-20-14-16-21(17-15-20)24-22(25)13-9-4-3-6-10-19-11-7-5-8-12-19/h5,7-8,11-12,14-17H,2-4,6,9-10,13,18H2,1H3,(H,24,25). The van der Waals surface area contributed by atoms with E-state index >= 15 is 0 Å². The minimum Gasteiger partial charge on any atom is -0.466 e. The lowest BCUT2D eigenvalue weighted by Gasteiger charge is -2.07. The van der Waals surface area contributed by atoms with E-state index in [1.54, 1.807) is 6.92 Å². The fourth-order valence-corrected chi connectivity index (χ4v) is 2.92. The summed E-state index contributed by atoms with van der Waals surface area (Å²) in [4.78, 5) is 23.5. The van der Waals surface area contributed by atoms with Crippen molar-refractivity contribution in [3.05, 3.63) is 65.7 Å². The van der Waals surface area contributed by atoms with Crippen molar-refractivity contribution in [1.29, 1.82) is 0 Å². The minimum absolute atomic E-state index is 0.0382. The normalized spacial score (nSPS) is 10.4. The van der Waals surface area contributed by atoms with Crippen LogP contribution >= 0.6 is 0 Å². The molecule has 27 heavy (non-hydrogen) atoms. The van der Waals surface area contributed by atoms with Gasteiger partial charge in [0, 0.05) is 12.1 Å². The zero-order valence-electron chi connectivity index (χ0n) is 16.1. The maximum Gasteiger partial charge on any atom is 0.310 e. The number of ether oxygens (including phenoxy) is 1. The van der Waals surface area contributed by atoms with Gasteiger partial charge in [-0.1, -0.05) is 55.3 Å². The molecule has 1 amide bonds. The van der Waals surface area contributed by atoms with Crippen LogP contribution in [0.5, 0.6) is 0 Å². The number of unbranched alkanes of at least 4 members (excludes halogenated alkanes) is 3. The van der Waals surface area contributed by atoms with Crippen molar-refractivity contribution < 1.29 is 14.3 Å². The molecule has 4 nitrogen and oxygen atoms in total. The predicted molar refractivity (Wildman–Crippen MR) is 109 cm³/mol. The Morgan fingerprint density at radius 3 is 2.26 bits per heavy atom. The summed E-state index contributed by atoms with van der Waals surface area (Å²) in [6.45, 7) is 2.18. The van der Waals surface area contributed by atoms with Crippen LogP contribution in [0, 0.1) is 0 Å². The molecule has 0 atom stereocenters. The summed E-state index contributed by atoms with van der Waals surface area (Å²) in [6.07, 6.45) is 6.17. The first-order chi connectivity index (χ1) is 13.2. The molecule has 4 heteroatoms. The molecule has 0 saturated carbocycles. The van der Waals surface area contributed by atoms with Gasteiger partial charge in [0.05, 0.1) is 13.0 Å². The van der Waals surface area contributed by atoms with Crippen molar-refractivity contribution in [2.75, 3.05) is 11.9 Å². The Hall–Kier alpha value is -2.62. The molecule has 0 aliphatic heterocycles. The van der Waals surface area contributed by atoms with Gasteiger partial charge in [0.15, 0.2) is 0 Å². The van der Waals surface area contributed by atoms with Gasteiger partial charge in [-0.3, -0.25) is 9.59 Å². The van der Waals surface area contributed by atoms with Gasteiger partial charge in [0.1, 0.15) is 0 Å². The number of hydrogen-bond donors (Lipinski definition) is 1. The number of carbonyl (C=O) groups is 2. The maximum absolute atomic E-state index is 12.0. The summed E-state index contributed by atoms with van der Waals surface area (Å²) in [5, 5.41) is 2.91. The van der Waals surface area contributed by atoms with E-state index in [4.69, 9.17) is 4.74 Å². The molecular formula is C23H29NO3. The second-order valence-corrected chi connectivity index (χ2v) is 6.63. The summed E-state index contributed by atoms with van der Waals surface area (Å²) in [6, 6.07) is 17.8. The summed E-state index contributed by atoms with van der Waals surface area (Å²) in [7, 11) is 0. The van der Waals surface area contributed by atoms with Crippen molar-refractivity contribution in [3.8, 4) is 0 Å². The molecule has 0 unspecified atom stereocenters. The van der Waals surface area contributed by atoms with E-state index in [1.807, 2.05) is 30.3 Å². The lowest BCUT2D eigenvalue weighted by Crippen LogP contribution is -2.11. The van der Waals surface area contributed by atoms with Crippen LogP contribution in [0.1, 0.15) is 50.2 Å². The number of carbonyl (C=O) groups excluding carboxylic acids is 2. The largest absolute Gasteiger partial charge is 0.466 e. The smallest absolute Gasteiger partial charge is 0.310 e. The number of esters is 1. The molecular weight excluding hydrogens is 338 g/mol. The summed E-state index contributed by atoms with van der Waals surface area (Å²) in [5.74, 6) is -0.197. The molecule has 2 rings (SSSR count). The highest BCUT2D eigenvalue weighted by Gasteiger charge is 2.05. The van der Waals surface area contributed by atoms with Crippen molar-refractivity contribution in [2.24, 2.45) is 0 Å². The predicted octanol–water partition coefficient (Wildman–Crippen LogP) is 4.92. The molecule has 0 bridgehead atoms. The molecule has 0 fully saturated rings. The SMILES string of the molecule is CCOC(=O)Cc1ccc(NC(=O)CCCCCCc2ccccc2)cc1. The Balaban J connectivity index is 1.59. The monoisotopic (exact) mass is 367 g/mol. The van der Waals surface area contributed by atoms with Gasteiger partial charge >= 0.3 is 5.97 Å². The highest BCUT2D eigenvalue weighted by molar-refractivity contribution is 5.90. The lowest BCUT2D eigenvalue weighted by atomic mass is 10.1. The van der Waals surface area contributed by atoms with Crippen LogP contribution in [0.3, 0.4) is 0 Å². The Morgan fingerprint density at radius 2 is 1.56 bits per heavy atom. The van der Waals surface area contributed by atoms with E-state index < -0.39 is 0 Å². The van der Waals surface area contributed by atoms with Crippen LogP contribution < -0.4 is 5.32 Å². The van der Waals surface area contributed by atoms with Gasteiger partial charge in [-0.15, -0.1) is 0 Å². The van der Waals surface area contributed by atoms with Crippen LogP contribution in [-0.4, -0.2) is 18.5 Å². The third-order valence-electron chi connectivity index (χ3n) is 4.35. The average Bonchev–Trinajstić information content (AvgIpc) is 2.67. The van der Waals surface area contributed by atoms with Crippen molar-refractivity contribution in [3.63, 3.8) is 0 Å². The highest BCUT2D eigenvalue weighted by Crippen LogP contribution is 2.13. The first-order valence-corrected chi connectivity index (χ1v) is 9.75. The number of anilines is 1. The number of amides is 1. The van der Waals surface area contributed by atoms with Gasteiger partial charge < -0.3 is 10.1 Å². The second-order valence-electron chi connectivity index (χ2n) is 6.63. The van der Waals surface area contributed by atoms with Crippen LogP contribution in [0.15, 0.2) is 54.6 Å². The Kier molecular flexibility index (Phi) is 9.11. The molecule has 0 aliphatic rings. The highest BCUT2D eigenvalue weighted by atomic mass is 16.5. The summed E-state index contributed by atoms with van der Waals surface area (Å²) in [5.41, 5.74) is 3.02. The third-order valence-corrected chi connectivity index (χ3v) is 4.35. The molecule has 2 aromatic rings. The van der Waals surface area contributed by atoms with Crippen LogP contribution in [0.25, 0.3) is 0 Å². The number of benzene rings is 2. The Morgan fingerprint density at radius 1 is 0.852 bits per heavy atom. The first-order valence-electron chi connectivity index (χ1n) is 9.75. The van der Waals surface area contributed by atoms with Crippen molar-refractivity contribution in [2.45, 2.75) is 51.9 Å². The second kappa shape index (κ2) is 11.9. The van der Waals surface area contributed by atoms with E-state index in [1.165, 1.54) is 5.56 Å². The molecule has 1 N–H and O–H groups in total. The maximum atomic E-state index is 12.0. The van der Waals surface area contributed by atoms with Gasteiger partial charge in [-0.05, 0) is 49.4 Å². The molecule has 0 spiro atoms. The van der Waals surface area contributed by atoms with Crippen molar-refractivity contribution >= 4 is 17.6 Å². The Bertz CT molecular complexity index is 695. The first kappa shape index (κ1) is 20.7. The summed E-state index contributed by atoms with van der Waals surface area (Å²) < 4.78 is 4.93. The molecule has 0 radical (unpaired) electrons. The molecule has 0 heterocycles. The van der Waals surface area contributed by atoms with Crippen LogP contribution in [0.4, 0.5) is 5.69 Å². The number of rotatable bonds is 11. The van der Waals surface area contributed by atoms with Gasteiger partial charge in [-0.2, -0.15) is 0 Å². The molecule has 144 valence electrons. The minimum atomic E-state index is -0.235. The number of hydrogen-bond acceptors (Lipinski definition) is 3. The molecule has 0 saturated heterocycles. The quantitative estimate of drug-likeness (QED) is 0.453. The number of aryl methyl sites for hydroxylation is 1. The zero-order chi connectivity index (χ0) is 19.3. The molecule has 2 aromatic carbocycles. The summed E-state index contributed by atoms with van der Waals surface area (Å²) >= 11 is 0. The lowest BCUT2D eigenvalue weighted by molar-refractivity contribution is -0.142. The van der Waals surface area contributed by atoms with Gasteiger partial charge in [0.2, 0.25) is 5.91 Å². The van der Waals surface area contributed by atoms with E-state index in [0.29, 0.717) is 13.0 Å². The van der Waals surface area contributed by atoms with Gasteiger partial charge in [-0.25, -0.2) is 0 Å². The third kappa shape index (κ3) is 8.54. The fraction of sp³-hybridized carbons (Fsp3) is 0.391. The van der Waals surface area contributed by atoms with Crippen molar-refractivity contribution in [1.82, 2.24) is 0 Å². The van der Waals surface area contributed by atoms with E-state index in [9.17, 15) is 9.59 Å². The van der Waals surface area contributed by atoms with Crippen LogP contribution in [-0.2, 0) is 27.2 Å². The molecule has 0 aliphatic carbocycles.